The normalized spacial score (nSPS) is 10.2. The number of nitrogens with zero attached hydrogens (tertiary/aromatic N) is 1. The molecule has 0 spiro atoms. The number of rotatable bonds is 7. The summed E-state index contributed by atoms with van der Waals surface area (Å²) in [6.07, 6.45) is 3.79. The van der Waals surface area contributed by atoms with Crippen molar-refractivity contribution in [2.45, 2.75) is 26.7 Å². The average Bonchev–Trinajstić information content (AvgIpc) is 2.55. The Morgan fingerprint density at radius 3 is 2.70 bits per heavy atom. The number of aromatic nitrogens is 1. The van der Waals surface area contributed by atoms with Gasteiger partial charge in [0.05, 0.1) is 0 Å². The summed E-state index contributed by atoms with van der Waals surface area (Å²) in [6, 6.07) is 10.4. The summed E-state index contributed by atoms with van der Waals surface area (Å²) in [5.41, 5.74) is 2.34. The molecule has 23 heavy (non-hydrogen) atoms. The molecule has 0 fully saturated rings. The van der Waals surface area contributed by atoms with Crippen molar-refractivity contribution in [2.24, 2.45) is 0 Å². The van der Waals surface area contributed by atoms with Gasteiger partial charge in [0.2, 0.25) is 0 Å². The Bertz CT molecular complexity index is 698. The van der Waals surface area contributed by atoms with Crippen molar-refractivity contribution in [3.05, 3.63) is 53.9 Å². The van der Waals surface area contributed by atoms with Gasteiger partial charge in [0, 0.05) is 29.7 Å². The topological polar surface area (TPSA) is 71.1 Å². The van der Waals surface area contributed by atoms with Crippen LogP contribution >= 0.6 is 0 Å². The summed E-state index contributed by atoms with van der Waals surface area (Å²) in [4.78, 5) is 27.8. The monoisotopic (exact) mass is 311 g/mol. The van der Waals surface area contributed by atoms with Gasteiger partial charge in [0.1, 0.15) is 5.69 Å². The molecule has 5 heteroatoms. The summed E-state index contributed by atoms with van der Waals surface area (Å²) < 4.78 is 0. The number of Topliss-reactive ketones (excluding diaryl/α,β-unsaturated/α-hetero) is 1. The Labute approximate surface area is 136 Å². The molecule has 0 saturated carbocycles. The zero-order chi connectivity index (χ0) is 16.7. The molecule has 120 valence electrons. The van der Waals surface area contributed by atoms with Gasteiger partial charge in [-0.15, -0.1) is 0 Å². The van der Waals surface area contributed by atoms with Crippen molar-refractivity contribution in [3.63, 3.8) is 0 Å². The van der Waals surface area contributed by atoms with E-state index in [1.165, 1.54) is 6.92 Å². The van der Waals surface area contributed by atoms with Crippen LogP contribution in [0.5, 0.6) is 0 Å². The number of carbonyl (C=O) groups is 2. The van der Waals surface area contributed by atoms with Gasteiger partial charge in [-0.25, -0.2) is 0 Å². The molecule has 0 bridgehead atoms. The number of pyridine rings is 1. The minimum absolute atomic E-state index is 0.0404. The fourth-order valence-corrected chi connectivity index (χ4v) is 2.09. The highest BCUT2D eigenvalue weighted by atomic mass is 16.2. The van der Waals surface area contributed by atoms with E-state index in [4.69, 9.17) is 0 Å². The Morgan fingerprint density at radius 1 is 1.13 bits per heavy atom. The van der Waals surface area contributed by atoms with Crippen LogP contribution in [0.4, 0.5) is 11.4 Å². The zero-order valence-electron chi connectivity index (χ0n) is 13.4. The summed E-state index contributed by atoms with van der Waals surface area (Å²) in [7, 11) is 0. The van der Waals surface area contributed by atoms with Gasteiger partial charge in [-0.05, 0) is 37.6 Å². The Balaban J connectivity index is 2.07. The average molecular weight is 311 g/mol. The summed E-state index contributed by atoms with van der Waals surface area (Å²) in [5, 5.41) is 6.03. The van der Waals surface area contributed by atoms with Crippen molar-refractivity contribution in [2.75, 3.05) is 17.2 Å². The van der Waals surface area contributed by atoms with Gasteiger partial charge in [-0.2, -0.15) is 0 Å². The molecule has 1 amide bonds. The Hall–Kier alpha value is -2.69. The van der Waals surface area contributed by atoms with E-state index in [-0.39, 0.29) is 11.7 Å². The number of unbranched alkanes of at least 4 members (excludes halogenated alkanes) is 1. The number of amides is 1. The first-order valence-corrected chi connectivity index (χ1v) is 7.72. The molecular formula is C18H21N3O2. The largest absolute Gasteiger partial charge is 0.385 e. The zero-order valence-corrected chi connectivity index (χ0v) is 13.4. The van der Waals surface area contributed by atoms with E-state index in [0.717, 1.165) is 25.1 Å². The quantitative estimate of drug-likeness (QED) is 0.603. The number of hydrogen-bond donors (Lipinski definition) is 2. The summed E-state index contributed by atoms with van der Waals surface area (Å²) in [6.45, 7) is 4.48. The van der Waals surface area contributed by atoms with Crippen LogP contribution in [0.3, 0.4) is 0 Å². The Morgan fingerprint density at radius 2 is 1.96 bits per heavy atom. The first kappa shape index (κ1) is 16.7. The summed E-state index contributed by atoms with van der Waals surface area (Å²) in [5.74, 6) is -0.341. The lowest BCUT2D eigenvalue weighted by Crippen LogP contribution is -2.14. The minimum Gasteiger partial charge on any atom is -0.385 e. The van der Waals surface area contributed by atoms with Crippen molar-refractivity contribution in [3.8, 4) is 0 Å². The van der Waals surface area contributed by atoms with Crippen molar-refractivity contribution in [1.29, 1.82) is 0 Å². The molecule has 1 aromatic carbocycles. The second kappa shape index (κ2) is 8.08. The van der Waals surface area contributed by atoms with E-state index in [1.54, 1.807) is 36.5 Å². The number of ketones is 1. The third-order valence-corrected chi connectivity index (χ3v) is 3.38. The van der Waals surface area contributed by atoms with Gasteiger partial charge in [-0.3, -0.25) is 14.6 Å². The third kappa shape index (κ3) is 4.92. The first-order chi connectivity index (χ1) is 11.1. The lowest BCUT2D eigenvalue weighted by atomic mass is 10.1. The minimum atomic E-state index is -0.301. The number of benzene rings is 1. The lowest BCUT2D eigenvalue weighted by Gasteiger charge is -2.08. The van der Waals surface area contributed by atoms with E-state index in [0.29, 0.717) is 16.9 Å². The fraction of sp³-hybridized carbons (Fsp3) is 0.278. The second-order valence-electron chi connectivity index (χ2n) is 5.30. The predicted octanol–water partition coefficient (Wildman–Crippen LogP) is 3.75. The molecule has 0 unspecified atom stereocenters. The van der Waals surface area contributed by atoms with Crippen LogP contribution in [-0.2, 0) is 0 Å². The van der Waals surface area contributed by atoms with Crippen molar-refractivity contribution >= 4 is 23.1 Å². The van der Waals surface area contributed by atoms with Crippen molar-refractivity contribution in [1.82, 2.24) is 4.98 Å². The highest BCUT2D eigenvalue weighted by Crippen LogP contribution is 2.14. The van der Waals surface area contributed by atoms with Crippen LogP contribution < -0.4 is 10.6 Å². The molecule has 0 aliphatic carbocycles. The van der Waals surface area contributed by atoms with E-state index in [1.807, 2.05) is 6.07 Å². The predicted molar refractivity (Wildman–Crippen MR) is 92.0 cm³/mol. The molecule has 2 N–H and O–H groups in total. The number of carbonyl (C=O) groups excluding carboxylic acids is 2. The highest BCUT2D eigenvalue weighted by molar-refractivity contribution is 6.04. The molecular weight excluding hydrogens is 290 g/mol. The molecule has 2 rings (SSSR count). The van der Waals surface area contributed by atoms with Gasteiger partial charge >= 0.3 is 0 Å². The first-order valence-electron chi connectivity index (χ1n) is 7.72. The number of nitrogens with one attached hydrogen (secondary N) is 2. The van der Waals surface area contributed by atoms with Gasteiger partial charge in [0.25, 0.3) is 5.91 Å². The fourth-order valence-electron chi connectivity index (χ4n) is 2.09. The highest BCUT2D eigenvalue weighted by Gasteiger charge is 2.09. The van der Waals surface area contributed by atoms with Crippen LogP contribution in [0.15, 0.2) is 42.6 Å². The standard InChI is InChI=1S/C18H21N3O2/c1-3-4-9-19-15-8-10-20-17(12-15)18(23)21-16-7-5-6-14(11-16)13(2)22/h5-8,10-12H,3-4,9H2,1-2H3,(H,19,20)(H,21,23). The van der Waals surface area contributed by atoms with Gasteiger partial charge in [-0.1, -0.05) is 25.5 Å². The van der Waals surface area contributed by atoms with E-state index in [2.05, 4.69) is 22.5 Å². The number of anilines is 2. The second-order valence-corrected chi connectivity index (χ2v) is 5.30. The maximum Gasteiger partial charge on any atom is 0.274 e. The number of hydrogen-bond acceptors (Lipinski definition) is 4. The molecule has 0 radical (unpaired) electrons. The molecule has 0 aliphatic rings. The van der Waals surface area contributed by atoms with Gasteiger partial charge < -0.3 is 10.6 Å². The molecule has 1 heterocycles. The van der Waals surface area contributed by atoms with Gasteiger partial charge in [0.15, 0.2) is 5.78 Å². The molecule has 0 atom stereocenters. The van der Waals surface area contributed by atoms with Crippen molar-refractivity contribution < 1.29 is 9.59 Å². The summed E-state index contributed by atoms with van der Waals surface area (Å²) >= 11 is 0. The van der Waals surface area contributed by atoms with Crippen LogP contribution in [0.2, 0.25) is 0 Å². The van der Waals surface area contributed by atoms with Crippen LogP contribution in [0, 0.1) is 0 Å². The SMILES string of the molecule is CCCCNc1ccnc(C(=O)Nc2cccc(C(C)=O)c2)c1. The van der Waals surface area contributed by atoms with Crippen LogP contribution in [-0.4, -0.2) is 23.2 Å². The maximum absolute atomic E-state index is 12.3. The smallest absolute Gasteiger partial charge is 0.274 e. The van der Waals surface area contributed by atoms with E-state index < -0.39 is 0 Å². The van der Waals surface area contributed by atoms with E-state index in [9.17, 15) is 9.59 Å². The molecule has 2 aromatic rings. The van der Waals surface area contributed by atoms with Crippen LogP contribution in [0.25, 0.3) is 0 Å². The third-order valence-electron chi connectivity index (χ3n) is 3.38. The molecule has 1 aromatic heterocycles. The molecule has 0 saturated heterocycles. The molecule has 5 nitrogen and oxygen atoms in total. The van der Waals surface area contributed by atoms with E-state index >= 15 is 0 Å². The lowest BCUT2D eigenvalue weighted by molar-refractivity contribution is 0.100. The Kier molecular flexibility index (Phi) is 5.86. The maximum atomic E-state index is 12.3. The van der Waals surface area contributed by atoms with Crippen LogP contribution in [0.1, 0.15) is 47.5 Å². The molecule has 0 aliphatic heterocycles.